The predicted molar refractivity (Wildman–Crippen MR) is 64.6 cm³/mol. The van der Waals surface area contributed by atoms with E-state index in [0.717, 1.165) is 0 Å². The summed E-state index contributed by atoms with van der Waals surface area (Å²) in [6.45, 7) is 0. The van der Waals surface area contributed by atoms with Crippen LogP contribution in [0.3, 0.4) is 0 Å². The molecule has 0 spiro atoms. The summed E-state index contributed by atoms with van der Waals surface area (Å²) in [5.41, 5.74) is 0. The molecule has 1 rings (SSSR count). The number of thioether (sulfide) groups is 2. The summed E-state index contributed by atoms with van der Waals surface area (Å²) in [4.78, 5) is 0. The molecule has 1 heterocycles. The summed E-state index contributed by atoms with van der Waals surface area (Å²) >= 11 is 8.77. The molecule has 1 saturated heterocycles. The van der Waals surface area contributed by atoms with Gasteiger partial charge in [0.2, 0.25) is 0 Å². The lowest BCUT2D eigenvalue weighted by Crippen LogP contribution is -1.91. The van der Waals surface area contributed by atoms with Crippen molar-refractivity contribution in [2.24, 2.45) is 0 Å². The average Bonchev–Trinajstić information content (AvgIpc) is 1.90. The van der Waals surface area contributed by atoms with Gasteiger partial charge < -0.3 is 0 Å². The second-order valence-electron chi connectivity index (χ2n) is 1.60. The Morgan fingerprint density at radius 3 is 2.11 bits per heavy atom. The predicted octanol–water partition coefficient (Wildman–Crippen LogP) is 3.85. The van der Waals surface area contributed by atoms with E-state index in [4.69, 9.17) is 0 Å². The monoisotopic (exact) mass is 384 g/mol. The first kappa shape index (κ1) is 8.99. The van der Waals surface area contributed by atoms with Crippen LogP contribution in [0.1, 0.15) is 6.42 Å². The molecular weight excluding hydrogens is 378 g/mol. The lowest BCUT2D eigenvalue weighted by Gasteiger charge is -2.11. The molecule has 1 aliphatic heterocycles. The fourth-order valence-electron chi connectivity index (χ4n) is 0.539. The highest BCUT2D eigenvalue weighted by Crippen LogP contribution is 2.41. The summed E-state index contributed by atoms with van der Waals surface area (Å²) in [6, 6.07) is 0. The zero-order valence-electron chi connectivity index (χ0n) is 4.69. The topological polar surface area (TPSA) is 0 Å². The fraction of sp³-hybridized carbons (Fsp3) is 0.600. The van der Waals surface area contributed by atoms with Gasteiger partial charge in [-0.25, -0.2) is 0 Å². The van der Waals surface area contributed by atoms with Crippen molar-refractivity contribution in [3.05, 3.63) is 5.82 Å². The Hall–Kier alpha value is 1.90. The number of rotatable bonds is 0. The van der Waals surface area contributed by atoms with Gasteiger partial charge in [-0.15, -0.1) is 23.5 Å². The molecule has 0 aromatic carbocycles. The highest BCUT2D eigenvalue weighted by molar-refractivity contribution is 14.2. The Bertz CT molecular complexity index is 121. The lowest BCUT2D eigenvalue weighted by atomic mass is 10.6. The molecule has 0 saturated carbocycles. The molecule has 0 amide bonds. The third-order valence-corrected chi connectivity index (χ3v) is 6.08. The highest BCUT2D eigenvalue weighted by atomic mass is 127. The van der Waals surface area contributed by atoms with Gasteiger partial charge in [0.15, 0.2) is 0 Å². The largest absolute Gasteiger partial charge is 0.118 e. The van der Waals surface area contributed by atoms with E-state index in [-0.39, 0.29) is 0 Å². The minimum Gasteiger partial charge on any atom is -0.118 e. The summed E-state index contributed by atoms with van der Waals surface area (Å²) in [7, 11) is 0. The molecule has 0 radical (unpaired) electrons. The first-order chi connectivity index (χ1) is 4.30. The summed E-state index contributed by atoms with van der Waals surface area (Å²) in [6.07, 6.45) is 1.37. The van der Waals surface area contributed by atoms with Crippen LogP contribution in [0.4, 0.5) is 0 Å². The molecule has 52 valence electrons. The van der Waals surface area contributed by atoms with E-state index in [1.165, 1.54) is 23.8 Å². The van der Waals surface area contributed by atoms with E-state index in [2.05, 4.69) is 45.2 Å². The van der Waals surface area contributed by atoms with Crippen LogP contribution in [0.25, 0.3) is 0 Å². The molecule has 0 bridgehead atoms. The average molecular weight is 384 g/mol. The van der Waals surface area contributed by atoms with Gasteiger partial charge in [0.1, 0.15) is 0 Å². The van der Waals surface area contributed by atoms with Crippen molar-refractivity contribution < 1.29 is 0 Å². The van der Waals surface area contributed by atoms with Crippen LogP contribution in [0.15, 0.2) is 5.82 Å². The van der Waals surface area contributed by atoms with Crippen molar-refractivity contribution in [2.75, 3.05) is 11.5 Å². The van der Waals surface area contributed by atoms with E-state index in [9.17, 15) is 0 Å². The first-order valence-electron chi connectivity index (χ1n) is 2.61. The molecule has 0 aromatic heterocycles. The number of halogens is 2. The van der Waals surface area contributed by atoms with Crippen LogP contribution in [0.2, 0.25) is 0 Å². The van der Waals surface area contributed by atoms with Gasteiger partial charge in [-0.2, -0.15) is 0 Å². The van der Waals surface area contributed by atoms with E-state index >= 15 is 0 Å². The van der Waals surface area contributed by atoms with Crippen molar-refractivity contribution in [3.63, 3.8) is 0 Å². The van der Waals surface area contributed by atoms with Gasteiger partial charge in [-0.1, -0.05) is 0 Å². The molecule has 1 aliphatic rings. The van der Waals surface area contributed by atoms with E-state index in [0.29, 0.717) is 0 Å². The van der Waals surface area contributed by atoms with Crippen molar-refractivity contribution in [1.82, 2.24) is 0 Å². The Morgan fingerprint density at radius 1 is 1.22 bits per heavy atom. The van der Waals surface area contributed by atoms with Crippen molar-refractivity contribution in [3.8, 4) is 0 Å². The SMILES string of the molecule is IC(I)=C1SCCCS1. The highest BCUT2D eigenvalue weighted by Gasteiger charge is 2.08. The Balaban J connectivity index is 2.49. The van der Waals surface area contributed by atoms with Crippen LogP contribution in [-0.4, -0.2) is 11.5 Å². The Kier molecular flexibility index (Phi) is 4.71. The van der Waals surface area contributed by atoms with Gasteiger partial charge in [0.05, 0.1) is 5.82 Å². The van der Waals surface area contributed by atoms with E-state index in [1.54, 1.807) is 0 Å². The van der Waals surface area contributed by atoms with Gasteiger partial charge in [0.25, 0.3) is 0 Å². The molecule has 0 aromatic rings. The molecule has 4 heteroatoms. The zero-order chi connectivity index (χ0) is 6.69. The van der Waals surface area contributed by atoms with E-state index in [1.807, 2.05) is 23.5 Å². The molecule has 9 heavy (non-hydrogen) atoms. The van der Waals surface area contributed by atoms with Crippen LogP contribution in [0.5, 0.6) is 0 Å². The Labute approximate surface area is 91.3 Å². The second kappa shape index (κ2) is 4.71. The molecule has 0 unspecified atom stereocenters. The van der Waals surface area contributed by atoms with Gasteiger partial charge >= 0.3 is 0 Å². The van der Waals surface area contributed by atoms with Crippen LogP contribution in [0, 0.1) is 0 Å². The summed E-state index contributed by atoms with van der Waals surface area (Å²) in [5.74, 6) is 2.63. The smallest absolute Gasteiger partial charge is 0.0714 e. The summed E-state index contributed by atoms with van der Waals surface area (Å²) in [5, 5.41) is 0. The standard InChI is InChI=1S/C5H6I2S2/c6-4(7)5-8-2-1-3-9-5/h1-3H2. The quantitative estimate of drug-likeness (QED) is 0.582. The fourth-order valence-corrected chi connectivity index (χ4v) is 4.59. The molecule has 0 atom stereocenters. The first-order valence-corrected chi connectivity index (χ1v) is 6.74. The number of hydrogen-bond acceptors (Lipinski definition) is 2. The molecule has 0 N–H and O–H groups in total. The Morgan fingerprint density at radius 2 is 1.78 bits per heavy atom. The van der Waals surface area contributed by atoms with Crippen molar-refractivity contribution >= 4 is 68.7 Å². The second-order valence-corrected chi connectivity index (χ2v) is 8.29. The normalized spacial score (nSPS) is 20.0. The third-order valence-electron chi connectivity index (χ3n) is 0.909. The lowest BCUT2D eigenvalue weighted by molar-refractivity contribution is 1.12. The van der Waals surface area contributed by atoms with Gasteiger partial charge in [-0.05, 0) is 63.1 Å². The maximum absolute atomic E-state index is 2.39. The van der Waals surface area contributed by atoms with Crippen molar-refractivity contribution in [2.45, 2.75) is 6.42 Å². The maximum atomic E-state index is 2.39. The zero-order valence-corrected chi connectivity index (χ0v) is 10.6. The molecule has 0 nitrogen and oxygen atoms in total. The van der Waals surface area contributed by atoms with Crippen molar-refractivity contribution in [1.29, 1.82) is 0 Å². The number of hydrogen-bond donors (Lipinski definition) is 0. The third kappa shape index (κ3) is 3.20. The molecular formula is C5H6I2S2. The molecule has 1 fully saturated rings. The summed E-state index contributed by atoms with van der Waals surface area (Å²) < 4.78 is 2.96. The van der Waals surface area contributed by atoms with Gasteiger partial charge in [0, 0.05) is 0 Å². The van der Waals surface area contributed by atoms with Gasteiger partial charge in [-0.3, -0.25) is 0 Å². The van der Waals surface area contributed by atoms with E-state index < -0.39 is 0 Å². The van der Waals surface area contributed by atoms with Crippen LogP contribution < -0.4 is 0 Å². The minimum atomic E-state index is 1.32. The maximum Gasteiger partial charge on any atom is 0.0714 e. The van der Waals surface area contributed by atoms with Crippen LogP contribution >= 0.6 is 68.7 Å². The molecule has 0 aliphatic carbocycles. The minimum absolute atomic E-state index is 1.32. The van der Waals surface area contributed by atoms with Crippen LogP contribution in [-0.2, 0) is 0 Å².